The van der Waals surface area contributed by atoms with E-state index in [4.69, 9.17) is 9.47 Å². The number of benzene rings is 1. The van der Waals surface area contributed by atoms with Crippen LogP contribution in [0.2, 0.25) is 0 Å². The van der Waals surface area contributed by atoms with Crippen molar-refractivity contribution in [1.29, 1.82) is 0 Å². The van der Waals surface area contributed by atoms with Crippen LogP contribution < -0.4 is 4.74 Å². The molecule has 180 valence electrons. The van der Waals surface area contributed by atoms with Gasteiger partial charge in [-0.05, 0) is 91.4 Å². The van der Waals surface area contributed by atoms with Gasteiger partial charge in [0.25, 0.3) is 0 Å². The largest absolute Gasteiger partial charge is 0.458 e. The van der Waals surface area contributed by atoms with Gasteiger partial charge in [-0.1, -0.05) is 52.7 Å². The zero-order valence-corrected chi connectivity index (χ0v) is 21.2. The van der Waals surface area contributed by atoms with Crippen LogP contribution in [-0.2, 0) is 9.53 Å². The van der Waals surface area contributed by atoms with Crippen molar-refractivity contribution in [3.63, 3.8) is 0 Å². The predicted molar refractivity (Wildman–Crippen MR) is 136 cm³/mol. The second-order valence-electron chi connectivity index (χ2n) is 8.74. The highest BCUT2D eigenvalue weighted by molar-refractivity contribution is 5.93. The van der Waals surface area contributed by atoms with E-state index in [-0.39, 0.29) is 17.9 Å². The predicted octanol–water partition coefficient (Wildman–Crippen LogP) is 7.91. The van der Waals surface area contributed by atoms with Crippen molar-refractivity contribution in [3.05, 3.63) is 76.4 Å². The molecule has 0 heterocycles. The monoisotopic (exact) mass is 452 g/mol. The van der Waals surface area contributed by atoms with Crippen molar-refractivity contribution in [2.24, 2.45) is 0 Å². The minimum absolute atomic E-state index is 0.193. The SMILES string of the molecule is CC(=O)Oc1ccccc1C(=O)OC/C=C(\C)CC/C=C(\C)CC/C=C(\C)CCC=C(C)C. The summed E-state index contributed by atoms with van der Waals surface area (Å²) in [7, 11) is 0. The molecule has 0 saturated heterocycles. The standard InChI is InChI=1S/C29H40O4/c1-22(2)12-9-13-23(3)14-10-15-24(4)16-11-17-25(5)20-21-32-29(31)27-18-7-8-19-28(27)33-26(6)30/h7-8,12,14,16,18-20H,9-11,13,15,17,21H2,1-6H3/b23-14+,24-16+,25-20+. The Kier molecular flexibility index (Phi) is 13.5. The Labute approximate surface area is 200 Å². The minimum Gasteiger partial charge on any atom is -0.458 e. The first-order valence-corrected chi connectivity index (χ1v) is 11.7. The number of allylic oxidation sites excluding steroid dienone is 7. The molecule has 0 bridgehead atoms. The van der Waals surface area contributed by atoms with Gasteiger partial charge in [0.15, 0.2) is 0 Å². The van der Waals surface area contributed by atoms with Gasteiger partial charge >= 0.3 is 11.9 Å². The lowest BCUT2D eigenvalue weighted by Crippen LogP contribution is -2.10. The Morgan fingerprint density at radius 1 is 0.727 bits per heavy atom. The Morgan fingerprint density at radius 2 is 1.24 bits per heavy atom. The van der Waals surface area contributed by atoms with Crippen LogP contribution in [-0.4, -0.2) is 18.5 Å². The topological polar surface area (TPSA) is 52.6 Å². The van der Waals surface area contributed by atoms with Gasteiger partial charge < -0.3 is 9.47 Å². The summed E-state index contributed by atoms with van der Waals surface area (Å²) in [6.07, 6.45) is 15.2. The van der Waals surface area contributed by atoms with Crippen LogP contribution in [0.4, 0.5) is 0 Å². The molecule has 0 aromatic heterocycles. The smallest absolute Gasteiger partial charge is 0.342 e. The van der Waals surface area contributed by atoms with Crippen LogP contribution in [0, 0.1) is 0 Å². The third-order valence-electron chi connectivity index (χ3n) is 5.16. The Bertz CT molecular complexity index is 896. The van der Waals surface area contributed by atoms with Gasteiger partial charge in [-0.15, -0.1) is 0 Å². The van der Waals surface area contributed by atoms with E-state index >= 15 is 0 Å². The Balaban J connectivity index is 2.38. The first-order chi connectivity index (χ1) is 15.7. The molecule has 33 heavy (non-hydrogen) atoms. The summed E-state index contributed by atoms with van der Waals surface area (Å²) in [6, 6.07) is 6.58. The van der Waals surface area contributed by atoms with E-state index in [1.165, 1.54) is 29.2 Å². The number of hydrogen-bond donors (Lipinski definition) is 0. The highest BCUT2D eigenvalue weighted by Gasteiger charge is 2.14. The van der Waals surface area contributed by atoms with Crippen molar-refractivity contribution >= 4 is 11.9 Å². The lowest BCUT2D eigenvalue weighted by atomic mass is 10.0. The average Bonchev–Trinajstić information content (AvgIpc) is 2.73. The summed E-state index contributed by atoms with van der Waals surface area (Å²) < 4.78 is 10.4. The fourth-order valence-electron chi connectivity index (χ4n) is 3.20. The molecular formula is C29H40O4. The fraction of sp³-hybridized carbons (Fsp3) is 0.448. The number of hydrogen-bond acceptors (Lipinski definition) is 4. The summed E-state index contributed by atoms with van der Waals surface area (Å²) in [6.45, 7) is 12.2. The highest BCUT2D eigenvalue weighted by atomic mass is 16.5. The molecule has 0 unspecified atom stereocenters. The fourth-order valence-corrected chi connectivity index (χ4v) is 3.20. The molecule has 0 spiro atoms. The first-order valence-electron chi connectivity index (χ1n) is 11.7. The average molecular weight is 453 g/mol. The van der Waals surface area contributed by atoms with E-state index in [1.807, 2.05) is 13.0 Å². The van der Waals surface area contributed by atoms with Crippen LogP contribution >= 0.6 is 0 Å². The third-order valence-corrected chi connectivity index (χ3v) is 5.16. The quantitative estimate of drug-likeness (QED) is 0.173. The molecule has 0 fully saturated rings. The number of esters is 2. The summed E-state index contributed by atoms with van der Waals surface area (Å²) in [4.78, 5) is 23.5. The zero-order valence-electron chi connectivity index (χ0n) is 21.2. The van der Waals surface area contributed by atoms with Crippen LogP contribution in [0.3, 0.4) is 0 Å². The van der Waals surface area contributed by atoms with Crippen molar-refractivity contribution in [1.82, 2.24) is 0 Å². The number of ether oxygens (including phenoxy) is 2. The van der Waals surface area contributed by atoms with Gasteiger partial charge in [-0.25, -0.2) is 4.79 Å². The molecule has 0 aliphatic rings. The van der Waals surface area contributed by atoms with Crippen molar-refractivity contribution in [2.45, 2.75) is 80.1 Å². The normalized spacial score (nSPS) is 12.4. The summed E-state index contributed by atoms with van der Waals surface area (Å²) in [5.41, 5.74) is 5.68. The molecule has 0 aliphatic heterocycles. The maximum atomic E-state index is 12.3. The third kappa shape index (κ3) is 13.3. The van der Waals surface area contributed by atoms with Gasteiger partial charge in [0.1, 0.15) is 17.9 Å². The van der Waals surface area contributed by atoms with Crippen molar-refractivity contribution < 1.29 is 19.1 Å². The van der Waals surface area contributed by atoms with Gasteiger partial charge in [0, 0.05) is 6.92 Å². The second kappa shape index (κ2) is 15.8. The Hall–Kier alpha value is -2.88. The minimum atomic E-state index is -0.504. The van der Waals surface area contributed by atoms with E-state index in [9.17, 15) is 9.59 Å². The van der Waals surface area contributed by atoms with Crippen molar-refractivity contribution in [2.75, 3.05) is 6.61 Å². The molecule has 1 aromatic rings. The number of carbonyl (C=O) groups is 2. The zero-order chi connectivity index (χ0) is 24.6. The van der Waals surface area contributed by atoms with Crippen LogP contribution in [0.1, 0.15) is 90.4 Å². The number of rotatable bonds is 13. The molecule has 0 amide bonds. The van der Waals surface area contributed by atoms with E-state index < -0.39 is 11.9 Å². The maximum absolute atomic E-state index is 12.3. The van der Waals surface area contributed by atoms with Crippen LogP contribution in [0.5, 0.6) is 5.75 Å². The van der Waals surface area contributed by atoms with E-state index in [0.717, 1.165) is 38.5 Å². The molecule has 1 aromatic carbocycles. The molecule has 1 rings (SSSR count). The molecule has 0 saturated carbocycles. The molecule has 4 nitrogen and oxygen atoms in total. The molecule has 4 heteroatoms. The van der Waals surface area contributed by atoms with Crippen LogP contribution in [0.25, 0.3) is 0 Å². The summed E-state index contributed by atoms with van der Waals surface area (Å²) in [5, 5.41) is 0. The number of carbonyl (C=O) groups excluding carboxylic acids is 2. The van der Waals surface area contributed by atoms with Crippen LogP contribution in [0.15, 0.2) is 70.9 Å². The lowest BCUT2D eigenvalue weighted by molar-refractivity contribution is -0.131. The summed E-state index contributed by atoms with van der Waals surface area (Å²) >= 11 is 0. The van der Waals surface area contributed by atoms with Gasteiger partial charge in [0.05, 0.1) is 0 Å². The molecule has 0 aliphatic carbocycles. The Morgan fingerprint density at radius 3 is 1.79 bits per heavy atom. The molecule has 0 N–H and O–H groups in total. The summed E-state index contributed by atoms with van der Waals surface area (Å²) in [5.74, 6) is -0.759. The number of para-hydroxylation sites is 1. The lowest BCUT2D eigenvalue weighted by Gasteiger charge is -2.08. The van der Waals surface area contributed by atoms with E-state index in [0.29, 0.717) is 0 Å². The van der Waals surface area contributed by atoms with E-state index in [2.05, 4.69) is 45.9 Å². The molecule has 0 atom stereocenters. The first kappa shape index (κ1) is 28.2. The molecular weight excluding hydrogens is 412 g/mol. The second-order valence-corrected chi connectivity index (χ2v) is 8.74. The molecule has 0 radical (unpaired) electrons. The van der Waals surface area contributed by atoms with E-state index in [1.54, 1.807) is 24.3 Å². The van der Waals surface area contributed by atoms with Gasteiger partial charge in [0.2, 0.25) is 0 Å². The van der Waals surface area contributed by atoms with Gasteiger partial charge in [-0.3, -0.25) is 4.79 Å². The van der Waals surface area contributed by atoms with Gasteiger partial charge in [-0.2, -0.15) is 0 Å². The van der Waals surface area contributed by atoms with Crippen molar-refractivity contribution in [3.8, 4) is 5.75 Å². The maximum Gasteiger partial charge on any atom is 0.342 e. The highest BCUT2D eigenvalue weighted by Crippen LogP contribution is 2.19.